The van der Waals surface area contributed by atoms with Crippen molar-refractivity contribution in [2.24, 2.45) is 0 Å². The van der Waals surface area contributed by atoms with Crippen LogP contribution in [0.15, 0.2) is 33.2 Å². The smallest absolute Gasteiger partial charge is 0.0636 e. The van der Waals surface area contributed by atoms with E-state index in [2.05, 4.69) is 109 Å². The number of hydrogen-bond acceptors (Lipinski definition) is 0. The Balaban J connectivity index is 2.53. The summed E-state index contributed by atoms with van der Waals surface area (Å²) in [6, 6.07) is 9.33. The second kappa shape index (κ2) is 6.13. The monoisotopic (exact) mass is 463 g/mol. The van der Waals surface area contributed by atoms with Crippen molar-refractivity contribution in [1.82, 2.24) is 4.57 Å². The van der Waals surface area contributed by atoms with Gasteiger partial charge in [-0.1, -0.05) is 41.5 Å². The van der Waals surface area contributed by atoms with Crippen LogP contribution in [0.3, 0.4) is 0 Å². The van der Waals surface area contributed by atoms with E-state index < -0.39 is 0 Å². The van der Waals surface area contributed by atoms with Crippen LogP contribution >= 0.6 is 31.9 Å². The number of fused-ring (bicyclic) bond motifs is 3. The van der Waals surface area contributed by atoms with Crippen molar-refractivity contribution >= 4 is 53.7 Å². The van der Waals surface area contributed by atoms with E-state index in [1.807, 2.05) is 0 Å². The molecule has 3 heteroatoms. The summed E-state index contributed by atoms with van der Waals surface area (Å²) in [6.07, 6.45) is 0. The van der Waals surface area contributed by atoms with E-state index in [0.29, 0.717) is 0 Å². The minimum absolute atomic E-state index is 0.121. The summed E-state index contributed by atoms with van der Waals surface area (Å²) in [5.41, 5.74) is 5.54. The molecule has 3 rings (SSSR count). The van der Waals surface area contributed by atoms with Crippen LogP contribution in [-0.4, -0.2) is 4.57 Å². The Morgan fingerprint density at radius 3 is 1.36 bits per heavy atom. The Hall–Kier alpha value is -0.800. The molecular formula is C22H27Br2N. The predicted molar refractivity (Wildman–Crippen MR) is 118 cm³/mol. The Kier molecular flexibility index (Phi) is 4.65. The first-order chi connectivity index (χ1) is 11.4. The fraction of sp³-hybridized carbons (Fsp3) is 0.455. The predicted octanol–water partition coefficient (Wildman–Crippen LogP) is 7.93. The summed E-state index contributed by atoms with van der Waals surface area (Å²) >= 11 is 7.71. The molecule has 0 N–H and O–H groups in total. The van der Waals surface area contributed by atoms with Gasteiger partial charge in [0.15, 0.2) is 0 Å². The molecule has 0 saturated heterocycles. The first-order valence-electron chi connectivity index (χ1n) is 8.91. The molecule has 3 aromatic rings. The van der Waals surface area contributed by atoms with Crippen LogP contribution in [0.1, 0.15) is 59.6 Å². The molecule has 0 fully saturated rings. The molecule has 0 atom stereocenters. The molecule has 2 aromatic carbocycles. The zero-order valence-corrected chi connectivity index (χ0v) is 19.4. The largest absolute Gasteiger partial charge is 0.339 e. The van der Waals surface area contributed by atoms with Crippen LogP contribution in [0.25, 0.3) is 21.8 Å². The van der Waals surface area contributed by atoms with Crippen LogP contribution in [0.5, 0.6) is 0 Å². The topological polar surface area (TPSA) is 4.93 Å². The highest BCUT2D eigenvalue weighted by atomic mass is 79.9. The third-order valence-electron chi connectivity index (χ3n) is 5.01. The molecule has 0 bridgehead atoms. The van der Waals surface area contributed by atoms with Crippen LogP contribution in [0, 0.1) is 0 Å². The number of aryl methyl sites for hydroxylation is 1. The quantitative estimate of drug-likeness (QED) is 0.344. The molecule has 0 saturated carbocycles. The highest BCUT2D eigenvalue weighted by molar-refractivity contribution is 9.11. The molecule has 0 aliphatic rings. The lowest BCUT2D eigenvalue weighted by atomic mass is 9.85. The molecule has 1 nitrogen and oxygen atoms in total. The van der Waals surface area contributed by atoms with Crippen LogP contribution in [0.2, 0.25) is 0 Å². The Bertz CT molecular complexity index is 889. The lowest BCUT2D eigenvalue weighted by Gasteiger charge is -2.20. The summed E-state index contributed by atoms with van der Waals surface area (Å²) in [5.74, 6) is 0. The van der Waals surface area contributed by atoms with Gasteiger partial charge >= 0.3 is 0 Å². The van der Waals surface area contributed by atoms with Crippen molar-refractivity contribution in [3.8, 4) is 0 Å². The van der Waals surface area contributed by atoms with E-state index in [4.69, 9.17) is 0 Å². The van der Waals surface area contributed by atoms with Gasteiger partial charge in [0.25, 0.3) is 0 Å². The number of halogens is 2. The molecular weight excluding hydrogens is 438 g/mol. The first-order valence-corrected chi connectivity index (χ1v) is 10.5. The van der Waals surface area contributed by atoms with E-state index in [1.165, 1.54) is 41.9 Å². The highest BCUT2D eigenvalue weighted by Crippen LogP contribution is 2.42. The average molecular weight is 465 g/mol. The summed E-state index contributed by atoms with van der Waals surface area (Å²) in [4.78, 5) is 0. The van der Waals surface area contributed by atoms with Crippen LogP contribution < -0.4 is 0 Å². The fourth-order valence-electron chi connectivity index (χ4n) is 3.45. The number of hydrogen-bond donors (Lipinski definition) is 0. The molecule has 25 heavy (non-hydrogen) atoms. The standard InChI is InChI=1S/C22H27Br2N/c1-8-25-19-15(9-13(11-17(19)23)21(2,3)4)16-10-14(22(5,6)7)12-18(24)20(16)25/h9-12H,8H2,1-7H3. The van der Waals surface area contributed by atoms with E-state index in [-0.39, 0.29) is 10.8 Å². The molecule has 1 heterocycles. The van der Waals surface area contributed by atoms with E-state index in [9.17, 15) is 0 Å². The van der Waals surface area contributed by atoms with Crippen molar-refractivity contribution in [3.05, 3.63) is 44.3 Å². The molecule has 0 aliphatic carbocycles. The lowest BCUT2D eigenvalue weighted by Crippen LogP contribution is -2.11. The second-order valence-corrected chi connectivity index (χ2v) is 10.7. The Morgan fingerprint density at radius 2 is 1.08 bits per heavy atom. The molecule has 0 amide bonds. The highest BCUT2D eigenvalue weighted by Gasteiger charge is 2.23. The van der Waals surface area contributed by atoms with Crippen LogP contribution in [0.4, 0.5) is 0 Å². The summed E-state index contributed by atoms with van der Waals surface area (Å²) in [5, 5.41) is 2.67. The zero-order valence-electron chi connectivity index (χ0n) is 16.2. The van der Waals surface area contributed by atoms with Gasteiger partial charge in [-0.05, 0) is 85.0 Å². The second-order valence-electron chi connectivity index (χ2n) is 8.95. The maximum atomic E-state index is 3.86. The minimum atomic E-state index is 0.121. The van der Waals surface area contributed by atoms with Gasteiger partial charge in [0.1, 0.15) is 0 Å². The van der Waals surface area contributed by atoms with Gasteiger partial charge in [-0.25, -0.2) is 0 Å². The molecule has 0 radical (unpaired) electrons. The van der Waals surface area contributed by atoms with Crippen molar-refractivity contribution < 1.29 is 0 Å². The average Bonchev–Trinajstić information content (AvgIpc) is 2.80. The van der Waals surface area contributed by atoms with Gasteiger partial charge in [0, 0.05) is 26.3 Å². The van der Waals surface area contributed by atoms with Gasteiger partial charge in [-0.3, -0.25) is 0 Å². The maximum absolute atomic E-state index is 3.86. The van der Waals surface area contributed by atoms with Gasteiger partial charge in [-0.2, -0.15) is 0 Å². The molecule has 0 unspecified atom stereocenters. The third kappa shape index (κ3) is 3.19. The van der Waals surface area contributed by atoms with Gasteiger partial charge in [0.05, 0.1) is 11.0 Å². The number of rotatable bonds is 1. The minimum Gasteiger partial charge on any atom is -0.339 e. The lowest BCUT2D eigenvalue weighted by molar-refractivity contribution is 0.590. The summed E-state index contributed by atoms with van der Waals surface area (Å²) in [7, 11) is 0. The number of aromatic nitrogens is 1. The van der Waals surface area contributed by atoms with E-state index >= 15 is 0 Å². The molecule has 0 aliphatic heterocycles. The Morgan fingerprint density at radius 1 is 0.720 bits per heavy atom. The molecule has 1 aromatic heterocycles. The van der Waals surface area contributed by atoms with E-state index in [0.717, 1.165) is 6.54 Å². The van der Waals surface area contributed by atoms with Crippen molar-refractivity contribution in [1.29, 1.82) is 0 Å². The maximum Gasteiger partial charge on any atom is 0.0636 e. The van der Waals surface area contributed by atoms with Gasteiger partial charge in [0.2, 0.25) is 0 Å². The van der Waals surface area contributed by atoms with Crippen molar-refractivity contribution in [3.63, 3.8) is 0 Å². The SMILES string of the molecule is CCn1c2c(Br)cc(C(C)(C)C)cc2c2cc(C(C)(C)C)cc(Br)c21. The molecule has 134 valence electrons. The summed E-state index contributed by atoms with van der Waals surface area (Å²) < 4.78 is 4.77. The number of benzene rings is 2. The zero-order chi connectivity index (χ0) is 18.7. The molecule has 0 spiro atoms. The normalized spacial score (nSPS) is 13.2. The van der Waals surface area contributed by atoms with Crippen molar-refractivity contribution in [2.75, 3.05) is 0 Å². The Labute approximate surface area is 168 Å². The third-order valence-corrected chi connectivity index (χ3v) is 6.21. The van der Waals surface area contributed by atoms with Crippen LogP contribution in [-0.2, 0) is 17.4 Å². The van der Waals surface area contributed by atoms with Gasteiger partial charge in [-0.15, -0.1) is 0 Å². The number of nitrogens with zero attached hydrogens (tertiary/aromatic N) is 1. The van der Waals surface area contributed by atoms with Gasteiger partial charge < -0.3 is 4.57 Å². The first kappa shape index (κ1) is 19.0. The van der Waals surface area contributed by atoms with Crippen molar-refractivity contribution in [2.45, 2.75) is 65.8 Å². The summed E-state index contributed by atoms with van der Waals surface area (Å²) in [6.45, 7) is 16.8. The van der Waals surface area contributed by atoms with E-state index in [1.54, 1.807) is 0 Å². The fourth-order valence-corrected chi connectivity index (χ4v) is 4.80.